The van der Waals surface area contributed by atoms with Crippen LogP contribution in [0.5, 0.6) is 0 Å². The molecule has 0 amide bonds. The van der Waals surface area contributed by atoms with Crippen molar-refractivity contribution in [3.63, 3.8) is 0 Å². The van der Waals surface area contributed by atoms with Gasteiger partial charge >= 0.3 is 0 Å². The first-order valence-electron chi connectivity index (χ1n) is 11.2. The second-order valence-corrected chi connectivity index (χ2v) is 7.68. The molecule has 0 bridgehead atoms. The molecule has 1 rings (SSSR count). The average Bonchev–Trinajstić information content (AvgIpc) is 3.13. The van der Waals surface area contributed by atoms with Crippen LogP contribution in [-0.2, 0) is 0 Å². The molecule has 1 heterocycles. The minimum absolute atomic E-state index is 0.699. The number of unbranched alkanes of at least 4 members (excludes halogenated alkanes) is 13. The number of rotatable bonds is 17. The summed E-state index contributed by atoms with van der Waals surface area (Å²) in [5.74, 6) is 2.00. The molecule has 0 radical (unpaired) electrons. The van der Waals surface area contributed by atoms with Crippen LogP contribution < -0.4 is 5.32 Å². The van der Waals surface area contributed by atoms with Crippen molar-refractivity contribution in [1.82, 2.24) is 5.32 Å². The molecule has 1 unspecified atom stereocenters. The van der Waals surface area contributed by atoms with Crippen molar-refractivity contribution in [3.05, 3.63) is 0 Å². The van der Waals surface area contributed by atoms with Crippen molar-refractivity contribution < 1.29 is 0 Å². The van der Waals surface area contributed by atoms with Crippen LogP contribution in [0.2, 0.25) is 0 Å². The SMILES string of the molecule is CCCCCCCCCCCCCCCCC(CC)C1=NCCN1. The molecule has 24 heavy (non-hydrogen) atoms. The Morgan fingerprint density at radius 2 is 1.25 bits per heavy atom. The number of amidine groups is 1. The quantitative estimate of drug-likeness (QED) is 0.287. The second-order valence-electron chi connectivity index (χ2n) is 7.68. The molecule has 0 spiro atoms. The molecule has 1 atom stereocenters. The lowest BCUT2D eigenvalue weighted by atomic mass is 9.96. The van der Waals surface area contributed by atoms with Gasteiger partial charge in [0.1, 0.15) is 0 Å². The monoisotopic (exact) mass is 336 g/mol. The third-order valence-electron chi connectivity index (χ3n) is 5.49. The summed E-state index contributed by atoms with van der Waals surface area (Å²) < 4.78 is 0. The summed E-state index contributed by atoms with van der Waals surface area (Å²) in [5.41, 5.74) is 0. The Morgan fingerprint density at radius 3 is 1.67 bits per heavy atom. The van der Waals surface area contributed by atoms with Gasteiger partial charge in [-0.25, -0.2) is 0 Å². The molecule has 2 nitrogen and oxygen atoms in total. The van der Waals surface area contributed by atoms with E-state index < -0.39 is 0 Å². The predicted octanol–water partition coefficient (Wildman–Crippen LogP) is 6.89. The number of nitrogens with zero attached hydrogens (tertiary/aromatic N) is 1. The van der Waals surface area contributed by atoms with E-state index in [-0.39, 0.29) is 0 Å². The van der Waals surface area contributed by atoms with Crippen molar-refractivity contribution in [2.75, 3.05) is 13.1 Å². The van der Waals surface area contributed by atoms with Crippen LogP contribution in [0, 0.1) is 5.92 Å². The van der Waals surface area contributed by atoms with E-state index in [2.05, 4.69) is 24.2 Å². The Labute approximate surface area is 152 Å². The Balaban J connectivity index is 1.79. The topological polar surface area (TPSA) is 24.4 Å². The van der Waals surface area contributed by atoms with Crippen molar-refractivity contribution in [1.29, 1.82) is 0 Å². The van der Waals surface area contributed by atoms with Gasteiger partial charge in [-0.15, -0.1) is 0 Å². The van der Waals surface area contributed by atoms with Crippen molar-refractivity contribution in [2.45, 2.75) is 117 Å². The van der Waals surface area contributed by atoms with Crippen molar-refractivity contribution in [2.24, 2.45) is 10.9 Å². The Morgan fingerprint density at radius 1 is 0.750 bits per heavy atom. The van der Waals surface area contributed by atoms with Gasteiger partial charge in [0.2, 0.25) is 0 Å². The molecule has 1 aliphatic heterocycles. The number of hydrogen-bond acceptors (Lipinski definition) is 2. The van der Waals surface area contributed by atoms with Gasteiger partial charge in [-0.2, -0.15) is 0 Å². The largest absolute Gasteiger partial charge is 0.372 e. The van der Waals surface area contributed by atoms with E-state index in [1.807, 2.05) is 0 Å². The maximum Gasteiger partial charge on any atom is 0.0995 e. The van der Waals surface area contributed by atoms with Crippen molar-refractivity contribution in [3.8, 4) is 0 Å². The van der Waals surface area contributed by atoms with Gasteiger partial charge in [0.15, 0.2) is 0 Å². The summed E-state index contributed by atoms with van der Waals surface area (Å²) in [6.45, 7) is 6.65. The van der Waals surface area contributed by atoms with E-state index in [1.165, 1.54) is 109 Å². The van der Waals surface area contributed by atoms with E-state index in [1.54, 1.807) is 0 Å². The van der Waals surface area contributed by atoms with E-state index in [0.29, 0.717) is 5.92 Å². The highest BCUT2D eigenvalue weighted by Gasteiger charge is 2.15. The Kier molecular flexibility index (Phi) is 14.3. The minimum Gasteiger partial charge on any atom is -0.372 e. The zero-order valence-electron chi connectivity index (χ0n) is 16.8. The molecule has 0 fully saturated rings. The first-order valence-corrected chi connectivity index (χ1v) is 11.2. The highest BCUT2D eigenvalue weighted by Crippen LogP contribution is 2.18. The summed E-state index contributed by atoms with van der Waals surface area (Å²) in [6.07, 6.45) is 22.8. The average molecular weight is 337 g/mol. The number of nitrogens with one attached hydrogen (secondary N) is 1. The van der Waals surface area contributed by atoms with Gasteiger partial charge < -0.3 is 5.32 Å². The first kappa shape index (κ1) is 21.5. The predicted molar refractivity (Wildman–Crippen MR) is 109 cm³/mol. The van der Waals surface area contributed by atoms with E-state index in [9.17, 15) is 0 Å². The molecule has 2 heteroatoms. The first-order chi connectivity index (χ1) is 11.9. The molecule has 0 aromatic rings. The van der Waals surface area contributed by atoms with Crippen LogP contribution in [0.25, 0.3) is 0 Å². The Hall–Kier alpha value is -0.530. The summed E-state index contributed by atoms with van der Waals surface area (Å²) in [6, 6.07) is 0. The highest BCUT2D eigenvalue weighted by atomic mass is 15.1. The summed E-state index contributed by atoms with van der Waals surface area (Å²) >= 11 is 0. The van der Waals surface area contributed by atoms with Crippen LogP contribution >= 0.6 is 0 Å². The molecule has 0 saturated carbocycles. The molecule has 0 aliphatic carbocycles. The molecular formula is C22H44N2. The van der Waals surface area contributed by atoms with Crippen LogP contribution in [-0.4, -0.2) is 18.9 Å². The molecule has 0 aromatic carbocycles. The van der Waals surface area contributed by atoms with Gasteiger partial charge in [-0.1, -0.05) is 104 Å². The van der Waals surface area contributed by atoms with E-state index in [0.717, 1.165) is 13.1 Å². The smallest absolute Gasteiger partial charge is 0.0995 e. The standard InChI is InChI=1S/C22H44N2/c1-3-5-6-7-8-9-10-11-12-13-14-15-16-17-18-21(4-2)22-23-19-20-24-22/h21H,3-20H2,1-2H3,(H,23,24). The second kappa shape index (κ2) is 16.0. The zero-order valence-corrected chi connectivity index (χ0v) is 16.8. The fourth-order valence-electron chi connectivity index (χ4n) is 3.81. The highest BCUT2D eigenvalue weighted by molar-refractivity contribution is 5.85. The Bertz CT molecular complexity index is 298. The third-order valence-corrected chi connectivity index (χ3v) is 5.49. The fraction of sp³-hybridized carbons (Fsp3) is 0.955. The molecule has 0 saturated heterocycles. The fourth-order valence-corrected chi connectivity index (χ4v) is 3.81. The van der Waals surface area contributed by atoms with Gasteiger partial charge in [0.05, 0.1) is 12.4 Å². The normalized spacial score (nSPS) is 15.3. The molecule has 142 valence electrons. The third kappa shape index (κ3) is 11.1. The maximum absolute atomic E-state index is 4.60. The lowest BCUT2D eigenvalue weighted by Crippen LogP contribution is -2.26. The lowest BCUT2D eigenvalue weighted by Gasteiger charge is -2.15. The van der Waals surface area contributed by atoms with Gasteiger partial charge in [-0.05, 0) is 12.8 Å². The van der Waals surface area contributed by atoms with Crippen LogP contribution in [0.1, 0.15) is 117 Å². The molecule has 1 aliphatic rings. The molecule has 0 aromatic heterocycles. The van der Waals surface area contributed by atoms with E-state index in [4.69, 9.17) is 0 Å². The minimum atomic E-state index is 0.699. The van der Waals surface area contributed by atoms with Crippen LogP contribution in [0.4, 0.5) is 0 Å². The number of aliphatic imine (C=N–C) groups is 1. The summed E-state index contributed by atoms with van der Waals surface area (Å²) in [5, 5.41) is 3.46. The van der Waals surface area contributed by atoms with E-state index >= 15 is 0 Å². The zero-order chi connectivity index (χ0) is 17.3. The summed E-state index contributed by atoms with van der Waals surface area (Å²) in [7, 11) is 0. The summed E-state index contributed by atoms with van der Waals surface area (Å²) in [4.78, 5) is 4.60. The van der Waals surface area contributed by atoms with Gasteiger partial charge in [0, 0.05) is 12.5 Å². The number of hydrogen-bond donors (Lipinski definition) is 1. The van der Waals surface area contributed by atoms with Crippen LogP contribution in [0.3, 0.4) is 0 Å². The van der Waals surface area contributed by atoms with Gasteiger partial charge in [-0.3, -0.25) is 4.99 Å². The molecular weight excluding hydrogens is 292 g/mol. The maximum atomic E-state index is 4.60. The lowest BCUT2D eigenvalue weighted by molar-refractivity contribution is 0.508. The van der Waals surface area contributed by atoms with Gasteiger partial charge in [0.25, 0.3) is 0 Å². The van der Waals surface area contributed by atoms with Crippen molar-refractivity contribution >= 4 is 5.84 Å². The van der Waals surface area contributed by atoms with Crippen LogP contribution in [0.15, 0.2) is 4.99 Å². The molecule has 1 N–H and O–H groups in total.